The third-order valence-corrected chi connectivity index (χ3v) is 7.07. The molecule has 0 bridgehead atoms. The molecule has 0 saturated carbocycles. The number of likely N-dealkylation sites (N-methyl/N-ethyl adjacent to an activating group) is 1. The van der Waals surface area contributed by atoms with Crippen LogP contribution in [0.25, 0.3) is 6.08 Å². The molecule has 40 heavy (non-hydrogen) atoms. The van der Waals surface area contributed by atoms with E-state index in [2.05, 4.69) is 17.6 Å². The van der Waals surface area contributed by atoms with Gasteiger partial charge in [0.25, 0.3) is 5.91 Å². The number of aromatic carboxylic acids is 1. The number of thioether (sulfide) groups is 1. The molecule has 1 fully saturated rings. The molecular formula is C31H27N3O5S. The van der Waals surface area contributed by atoms with Gasteiger partial charge in [-0.3, -0.25) is 9.69 Å². The fourth-order valence-electron chi connectivity index (χ4n) is 4.14. The minimum absolute atomic E-state index is 0.121. The molecule has 0 aliphatic carbocycles. The summed E-state index contributed by atoms with van der Waals surface area (Å²) in [5, 5.41) is 19.2. The van der Waals surface area contributed by atoms with Crippen molar-refractivity contribution in [1.29, 1.82) is 5.26 Å². The van der Waals surface area contributed by atoms with E-state index in [1.807, 2.05) is 25.1 Å². The van der Waals surface area contributed by atoms with Gasteiger partial charge in [0.2, 0.25) is 0 Å². The number of hydrogen-bond acceptors (Lipinski definition) is 7. The Morgan fingerprint density at radius 2 is 1.98 bits per heavy atom. The summed E-state index contributed by atoms with van der Waals surface area (Å²) in [7, 11) is 1.55. The summed E-state index contributed by atoms with van der Waals surface area (Å²) in [6, 6.07) is 19.4. The molecule has 1 heterocycles. The lowest BCUT2D eigenvalue weighted by Gasteiger charge is -2.16. The van der Waals surface area contributed by atoms with Crippen molar-refractivity contribution in [2.24, 2.45) is 4.99 Å². The van der Waals surface area contributed by atoms with Gasteiger partial charge in [-0.15, -0.1) is 6.58 Å². The van der Waals surface area contributed by atoms with Gasteiger partial charge in [0, 0.05) is 17.7 Å². The van der Waals surface area contributed by atoms with Gasteiger partial charge in [0.05, 0.1) is 34.9 Å². The summed E-state index contributed by atoms with van der Waals surface area (Å²) in [6.45, 7) is 6.31. The lowest BCUT2D eigenvalue weighted by Crippen LogP contribution is -2.28. The van der Waals surface area contributed by atoms with Crippen LogP contribution in [0.4, 0.5) is 5.69 Å². The summed E-state index contributed by atoms with van der Waals surface area (Å²) >= 11 is 1.22. The van der Waals surface area contributed by atoms with E-state index in [9.17, 15) is 20.0 Å². The maximum absolute atomic E-state index is 13.2. The van der Waals surface area contributed by atoms with Crippen molar-refractivity contribution in [2.45, 2.75) is 20.0 Å². The quantitative estimate of drug-likeness (QED) is 0.235. The Kier molecular flexibility index (Phi) is 9.04. The molecule has 0 atom stereocenters. The first-order chi connectivity index (χ1) is 19.4. The summed E-state index contributed by atoms with van der Waals surface area (Å²) in [5.41, 5.74) is 3.42. The standard InChI is InChI=1S/C31H27N3O5S/c1-4-9-21-14-20(15-26(38-3)28(21)39-19-24-11-7-6-10-23(24)18-32)16-27-29(35)34(5-2)31(40-27)33-25-13-8-12-22(17-25)30(36)37/h4,6-8,10-17H,1,5,9,19H2,2-3H3,(H,36,37)/b27-16-,33-31?. The predicted molar refractivity (Wildman–Crippen MR) is 156 cm³/mol. The van der Waals surface area contributed by atoms with E-state index in [0.717, 1.165) is 16.7 Å². The predicted octanol–water partition coefficient (Wildman–Crippen LogP) is 6.20. The molecule has 1 amide bonds. The number of carboxylic acids is 1. The highest BCUT2D eigenvalue weighted by Crippen LogP contribution is 2.38. The van der Waals surface area contributed by atoms with Crippen molar-refractivity contribution >= 4 is 40.6 Å². The van der Waals surface area contributed by atoms with Crippen molar-refractivity contribution in [1.82, 2.24) is 4.90 Å². The summed E-state index contributed by atoms with van der Waals surface area (Å²) in [6.07, 6.45) is 4.03. The van der Waals surface area contributed by atoms with Crippen LogP contribution >= 0.6 is 11.8 Å². The molecular weight excluding hydrogens is 526 g/mol. The van der Waals surface area contributed by atoms with Crippen LogP contribution in [0, 0.1) is 11.3 Å². The van der Waals surface area contributed by atoms with E-state index in [4.69, 9.17) is 9.47 Å². The number of nitrogens with zero attached hydrogens (tertiary/aromatic N) is 3. The Morgan fingerprint density at radius 3 is 2.67 bits per heavy atom. The Labute approximate surface area is 236 Å². The molecule has 0 aromatic heterocycles. The second kappa shape index (κ2) is 12.8. The molecule has 3 aromatic carbocycles. The van der Waals surface area contributed by atoms with Gasteiger partial charge in [0.15, 0.2) is 16.7 Å². The van der Waals surface area contributed by atoms with Crippen molar-refractivity contribution in [3.05, 3.63) is 106 Å². The van der Waals surface area contributed by atoms with Crippen LogP contribution in [0.3, 0.4) is 0 Å². The normalized spacial score (nSPS) is 14.8. The molecule has 1 N–H and O–H groups in total. The SMILES string of the molecule is C=CCc1cc(/C=C2\SC(=Nc3cccc(C(=O)O)c3)N(CC)C2=O)cc(OC)c1OCc1ccccc1C#N. The van der Waals surface area contributed by atoms with Crippen LogP contribution in [0.5, 0.6) is 11.5 Å². The topological polar surface area (TPSA) is 112 Å². The lowest BCUT2D eigenvalue weighted by atomic mass is 10.0. The van der Waals surface area contributed by atoms with Gasteiger partial charge in [-0.1, -0.05) is 30.3 Å². The van der Waals surface area contributed by atoms with E-state index < -0.39 is 5.97 Å². The molecule has 0 radical (unpaired) electrons. The van der Waals surface area contributed by atoms with Gasteiger partial charge >= 0.3 is 5.97 Å². The maximum atomic E-state index is 13.2. The number of carbonyl (C=O) groups is 2. The van der Waals surface area contributed by atoms with Crippen molar-refractivity contribution in [3.8, 4) is 17.6 Å². The summed E-state index contributed by atoms with van der Waals surface area (Å²) < 4.78 is 11.8. The third kappa shape index (κ3) is 6.25. The molecule has 9 heteroatoms. The average molecular weight is 554 g/mol. The molecule has 1 aliphatic rings. The number of allylic oxidation sites excluding steroid dienone is 1. The van der Waals surface area contributed by atoms with Gasteiger partial charge in [0.1, 0.15) is 6.61 Å². The smallest absolute Gasteiger partial charge is 0.335 e. The number of carbonyl (C=O) groups excluding carboxylic acids is 1. The van der Waals surface area contributed by atoms with Gasteiger partial charge in [-0.05, 0) is 73.1 Å². The second-order valence-electron chi connectivity index (χ2n) is 8.67. The summed E-state index contributed by atoms with van der Waals surface area (Å²) in [4.78, 5) is 31.2. The monoisotopic (exact) mass is 553 g/mol. The van der Waals surface area contributed by atoms with E-state index in [1.165, 1.54) is 23.9 Å². The zero-order valence-electron chi connectivity index (χ0n) is 22.1. The number of rotatable bonds is 10. The number of ether oxygens (including phenoxy) is 2. The van der Waals surface area contributed by atoms with Crippen LogP contribution < -0.4 is 9.47 Å². The van der Waals surface area contributed by atoms with Crippen LogP contribution in [0.1, 0.15) is 39.5 Å². The van der Waals surface area contributed by atoms with Crippen LogP contribution in [-0.2, 0) is 17.8 Å². The molecule has 4 rings (SSSR count). The minimum atomic E-state index is -1.05. The van der Waals surface area contributed by atoms with E-state index in [-0.39, 0.29) is 18.1 Å². The first-order valence-corrected chi connectivity index (χ1v) is 13.3. The molecule has 8 nitrogen and oxygen atoms in total. The molecule has 202 valence electrons. The van der Waals surface area contributed by atoms with Crippen molar-refractivity contribution in [2.75, 3.05) is 13.7 Å². The number of benzene rings is 3. The van der Waals surface area contributed by atoms with E-state index in [1.54, 1.807) is 54.5 Å². The molecule has 0 unspecified atom stereocenters. The van der Waals surface area contributed by atoms with Crippen LogP contribution in [0.2, 0.25) is 0 Å². The zero-order valence-corrected chi connectivity index (χ0v) is 22.9. The number of amidine groups is 1. The number of aliphatic imine (C=N–C) groups is 1. The first kappa shape index (κ1) is 28.2. The van der Waals surface area contributed by atoms with E-state index in [0.29, 0.717) is 45.8 Å². The molecule has 1 saturated heterocycles. The Bertz CT molecular complexity index is 1570. The third-order valence-electron chi connectivity index (χ3n) is 6.07. The Balaban J connectivity index is 1.66. The highest BCUT2D eigenvalue weighted by atomic mass is 32.2. The molecule has 0 spiro atoms. The number of carboxylic acid groups (broad SMARTS) is 1. The van der Waals surface area contributed by atoms with Crippen molar-refractivity contribution < 1.29 is 24.2 Å². The average Bonchev–Trinajstić information content (AvgIpc) is 3.25. The largest absolute Gasteiger partial charge is 0.493 e. The Hall–Kier alpha value is -4.81. The summed E-state index contributed by atoms with van der Waals surface area (Å²) in [5.74, 6) is -0.212. The highest BCUT2D eigenvalue weighted by Gasteiger charge is 2.32. The van der Waals surface area contributed by atoms with Crippen molar-refractivity contribution in [3.63, 3.8) is 0 Å². The maximum Gasteiger partial charge on any atom is 0.335 e. The zero-order chi connectivity index (χ0) is 28.6. The number of amides is 1. The number of nitriles is 1. The first-order valence-electron chi connectivity index (χ1n) is 12.4. The van der Waals surface area contributed by atoms with E-state index >= 15 is 0 Å². The van der Waals surface area contributed by atoms with Gasteiger partial charge < -0.3 is 14.6 Å². The van der Waals surface area contributed by atoms with Crippen LogP contribution in [0.15, 0.2) is 83.2 Å². The lowest BCUT2D eigenvalue weighted by molar-refractivity contribution is -0.122. The van der Waals surface area contributed by atoms with Gasteiger partial charge in [-0.25, -0.2) is 9.79 Å². The molecule has 1 aliphatic heterocycles. The second-order valence-corrected chi connectivity index (χ2v) is 9.68. The fourth-order valence-corrected chi connectivity index (χ4v) is 5.20. The Morgan fingerprint density at radius 1 is 1.18 bits per heavy atom. The fraction of sp³-hybridized carbons (Fsp3) is 0.161. The van der Waals surface area contributed by atoms with Gasteiger partial charge in [-0.2, -0.15) is 5.26 Å². The van der Waals surface area contributed by atoms with Crippen LogP contribution in [-0.4, -0.2) is 40.7 Å². The number of methoxy groups -OCH3 is 1. The number of hydrogen-bond donors (Lipinski definition) is 1. The minimum Gasteiger partial charge on any atom is -0.493 e. The highest BCUT2D eigenvalue weighted by molar-refractivity contribution is 8.18. The molecule has 3 aromatic rings.